The summed E-state index contributed by atoms with van der Waals surface area (Å²) in [5.41, 5.74) is 0. The van der Waals surface area contributed by atoms with E-state index in [2.05, 4.69) is 0 Å². The third kappa shape index (κ3) is 31.5. The number of carbonyl (C=O) groups excluding carboxylic acids is 3. The molecule has 0 aromatic rings. The summed E-state index contributed by atoms with van der Waals surface area (Å²) < 4.78 is 47.9. The maximum Gasteiger partial charge on any atom is 3.00 e. The number of hydrogen-bond acceptors (Lipinski definition) is 15. The molecule has 0 saturated carbocycles. The maximum atomic E-state index is 11.3. The third-order valence-electron chi connectivity index (χ3n) is 7.86. The molecular weight excluding hydrogens is 796 g/mol. The molecule has 16 heteroatoms. The molecule has 0 fully saturated rings. The van der Waals surface area contributed by atoms with Gasteiger partial charge in [-0.15, -0.1) is 0 Å². The number of hydrogen-bond donors (Lipinski definition) is 0. The SMILES string of the molecule is CCCCOC(OCCCC)(OCCCC)C(=O)[O-].CCCCOC(OCCCC)(OCCCC)C(=O)[O-].CCCCOC(OCCCC)(OCCCC)C(=O)[O-].[Cr+3]. The summed E-state index contributed by atoms with van der Waals surface area (Å²) in [4.78, 5) is 34.0. The van der Waals surface area contributed by atoms with Gasteiger partial charge in [0.1, 0.15) is 17.9 Å². The zero-order chi connectivity index (χ0) is 43.7. The Hall–Kier alpha value is -1.42. The van der Waals surface area contributed by atoms with E-state index < -0.39 is 35.8 Å². The van der Waals surface area contributed by atoms with E-state index in [9.17, 15) is 29.7 Å². The summed E-state index contributed by atoms with van der Waals surface area (Å²) in [6.07, 6.45) is 15.0. The molecule has 15 nitrogen and oxygen atoms in total. The van der Waals surface area contributed by atoms with Crippen molar-refractivity contribution in [3.8, 4) is 0 Å². The second-order valence-corrected chi connectivity index (χ2v) is 13.3. The zero-order valence-corrected chi connectivity index (χ0v) is 38.9. The molecule has 0 spiro atoms. The number of carboxylic acid groups (broad SMARTS) is 3. The Kier molecular flexibility index (Phi) is 47.6. The Morgan fingerprint density at radius 3 is 0.466 bits per heavy atom. The fraction of sp³-hybridized carbons (Fsp3) is 0.929. The van der Waals surface area contributed by atoms with E-state index in [-0.39, 0.29) is 76.8 Å². The average Bonchev–Trinajstić information content (AvgIpc) is 3.18. The first-order chi connectivity index (χ1) is 27.4. The quantitative estimate of drug-likeness (QED) is 0.0551. The fourth-order valence-electron chi connectivity index (χ4n) is 4.06. The number of ether oxygens (including phenoxy) is 9. The minimum Gasteiger partial charge on any atom is -0.542 e. The molecule has 1 radical (unpaired) electrons. The summed E-state index contributed by atoms with van der Waals surface area (Å²) in [7, 11) is 0. The Morgan fingerprint density at radius 1 is 0.293 bits per heavy atom. The van der Waals surface area contributed by atoms with Crippen LogP contribution in [0.5, 0.6) is 0 Å². The van der Waals surface area contributed by atoms with Crippen LogP contribution in [0.3, 0.4) is 0 Å². The molecule has 0 saturated heterocycles. The Bertz CT molecular complexity index is 731. The molecule has 0 aliphatic heterocycles. The van der Waals surface area contributed by atoms with E-state index in [0.29, 0.717) is 0 Å². The first-order valence-electron chi connectivity index (χ1n) is 21.8. The second-order valence-electron chi connectivity index (χ2n) is 13.3. The Labute approximate surface area is 361 Å². The van der Waals surface area contributed by atoms with Gasteiger partial charge in [0.15, 0.2) is 0 Å². The topological polar surface area (TPSA) is 203 Å². The predicted molar refractivity (Wildman–Crippen MR) is 211 cm³/mol. The molecule has 345 valence electrons. The standard InChI is InChI=1S/3C14H28O5.Cr/c3*1-4-7-10-17-14(13(15)16,18-11-8-5-2)19-12-9-6-3;/h3*4-12H2,1-3H3,(H,15,16);/q;;;+3/p-3. The molecule has 0 amide bonds. The van der Waals surface area contributed by atoms with Crippen LogP contribution in [0.1, 0.15) is 178 Å². The molecule has 0 N–H and O–H groups in total. The first-order valence-corrected chi connectivity index (χ1v) is 21.8. The Morgan fingerprint density at radius 2 is 0.397 bits per heavy atom. The van der Waals surface area contributed by atoms with Gasteiger partial charge in [-0.3, -0.25) is 0 Å². The van der Waals surface area contributed by atoms with Crippen molar-refractivity contribution in [3.05, 3.63) is 0 Å². The van der Waals surface area contributed by atoms with Gasteiger partial charge in [0.25, 0.3) is 0 Å². The van der Waals surface area contributed by atoms with Crippen molar-refractivity contribution >= 4 is 17.9 Å². The molecule has 0 aliphatic carbocycles. The summed E-state index contributed by atoms with van der Waals surface area (Å²) in [6.45, 7) is 20.5. The zero-order valence-electron chi connectivity index (χ0n) is 37.6. The number of rotatable bonds is 39. The molecule has 0 atom stereocenters. The van der Waals surface area contributed by atoms with E-state index in [1.54, 1.807) is 0 Å². The summed E-state index contributed by atoms with van der Waals surface area (Å²) >= 11 is 0. The molecule has 0 unspecified atom stereocenters. The summed E-state index contributed by atoms with van der Waals surface area (Å²) in [5, 5.41) is 34.0. The number of aliphatic carboxylic acids is 3. The van der Waals surface area contributed by atoms with Crippen molar-refractivity contribution in [1.82, 2.24) is 0 Å². The monoisotopic (exact) mass is 877 g/mol. The van der Waals surface area contributed by atoms with Gasteiger partial charge in [-0.05, 0) is 57.8 Å². The molecule has 0 rings (SSSR count). The largest absolute Gasteiger partial charge is 3.00 e. The van der Waals surface area contributed by atoms with E-state index >= 15 is 0 Å². The van der Waals surface area contributed by atoms with Crippen molar-refractivity contribution in [2.24, 2.45) is 0 Å². The van der Waals surface area contributed by atoms with Gasteiger partial charge in [-0.2, -0.15) is 0 Å². The molecule has 0 aliphatic rings. The van der Waals surface area contributed by atoms with Gasteiger partial charge >= 0.3 is 35.3 Å². The summed E-state index contributed by atoms with van der Waals surface area (Å²) in [5.74, 6) is -10.5. The van der Waals surface area contributed by atoms with Gasteiger partial charge in [0, 0.05) is 0 Å². The van der Waals surface area contributed by atoms with Crippen LogP contribution >= 0.6 is 0 Å². The van der Waals surface area contributed by atoms with Crippen LogP contribution in [0.2, 0.25) is 0 Å². The van der Waals surface area contributed by atoms with Crippen molar-refractivity contribution in [2.45, 2.75) is 196 Å². The van der Waals surface area contributed by atoms with Crippen molar-refractivity contribution < 1.29 is 89.7 Å². The van der Waals surface area contributed by atoms with Crippen LogP contribution in [-0.4, -0.2) is 95.3 Å². The molecule has 0 aromatic carbocycles. The van der Waals surface area contributed by atoms with E-state index in [1.165, 1.54) is 0 Å². The van der Waals surface area contributed by atoms with Crippen molar-refractivity contribution in [2.75, 3.05) is 59.5 Å². The van der Waals surface area contributed by atoms with Crippen LogP contribution in [0.25, 0.3) is 0 Å². The number of carbonyl (C=O) groups is 3. The average molecular weight is 878 g/mol. The molecule has 0 heterocycles. The smallest absolute Gasteiger partial charge is 0.542 e. The fourth-order valence-corrected chi connectivity index (χ4v) is 4.06. The van der Waals surface area contributed by atoms with E-state index in [4.69, 9.17) is 42.6 Å². The Balaban J connectivity index is -0.000000374. The minimum absolute atomic E-state index is 0. The van der Waals surface area contributed by atoms with Gasteiger partial charge in [-0.1, -0.05) is 120 Å². The van der Waals surface area contributed by atoms with Crippen molar-refractivity contribution in [3.63, 3.8) is 0 Å². The molecule has 58 heavy (non-hydrogen) atoms. The van der Waals surface area contributed by atoms with Crippen LogP contribution in [0.15, 0.2) is 0 Å². The molecular formula is C42H81CrO15. The molecule has 0 bridgehead atoms. The summed E-state index contributed by atoms with van der Waals surface area (Å²) in [6, 6.07) is 0. The van der Waals surface area contributed by atoms with Crippen LogP contribution in [0.4, 0.5) is 0 Å². The maximum absolute atomic E-state index is 11.3. The minimum atomic E-state index is -2.04. The van der Waals surface area contributed by atoms with E-state index in [0.717, 1.165) is 116 Å². The second kappa shape index (κ2) is 43.7. The van der Waals surface area contributed by atoms with Gasteiger partial charge in [-0.25, -0.2) is 0 Å². The van der Waals surface area contributed by atoms with E-state index in [1.807, 2.05) is 62.3 Å². The van der Waals surface area contributed by atoms with Gasteiger partial charge in [0.2, 0.25) is 0 Å². The molecule has 0 aromatic heterocycles. The van der Waals surface area contributed by atoms with Crippen LogP contribution in [-0.2, 0) is 74.4 Å². The number of unbranched alkanes of at least 4 members (excludes halogenated alkanes) is 9. The number of carboxylic acids is 3. The first kappa shape index (κ1) is 63.2. The van der Waals surface area contributed by atoms with Gasteiger partial charge in [0.05, 0.1) is 59.5 Å². The van der Waals surface area contributed by atoms with Crippen LogP contribution in [0, 0.1) is 0 Å². The normalized spacial score (nSPS) is 11.5. The predicted octanol–water partition coefficient (Wildman–Crippen LogP) is 5.52. The third-order valence-corrected chi connectivity index (χ3v) is 7.86. The van der Waals surface area contributed by atoms with Gasteiger partial charge < -0.3 is 72.3 Å². The van der Waals surface area contributed by atoms with Crippen molar-refractivity contribution in [1.29, 1.82) is 0 Å². The van der Waals surface area contributed by atoms with Crippen LogP contribution < -0.4 is 15.3 Å².